The van der Waals surface area contributed by atoms with Crippen molar-refractivity contribution < 1.29 is 4.74 Å². The van der Waals surface area contributed by atoms with E-state index < -0.39 is 0 Å². The quantitative estimate of drug-likeness (QED) is 0.782. The van der Waals surface area contributed by atoms with Crippen LogP contribution in [0.25, 0.3) is 0 Å². The summed E-state index contributed by atoms with van der Waals surface area (Å²) < 4.78 is 7.68. The summed E-state index contributed by atoms with van der Waals surface area (Å²) in [7, 11) is 1.87. The summed E-state index contributed by atoms with van der Waals surface area (Å²) in [5.41, 5.74) is 1.95. The second-order valence-electron chi connectivity index (χ2n) is 4.91. The molecule has 0 aromatic carbocycles. The molecule has 0 aliphatic heterocycles. The number of pyridine rings is 1. The van der Waals surface area contributed by atoms with Gasteiger partial charge in [0.2, 0.25) is 5.88 Å². The summed E-state index contributed by atoms with van der Waals surface area (Å²) in [5.74, 6) is 1.41. The van der Waals surface area contributed by atoms with E-state index in [0.717, 1.165) is 16.4 Å². The Morgan fingerprint density at radius 1 is 1.32 bits per heavy atom. The first-order valence-electron chi connectivity index (χ1n) is 6.90. The topological polar surface area (TPSA) is 64.9 Å². The average Bonchev–Trinajstić information content (AvgIpc) is 3.03. The normalized spacial score (nSPS) is 10.7. The number of thiazole rings is 1. The molecule has 7 heteroatoms. The van der Waals surface area contributed by atoms with E-state index in [2.05, 4.69) is 20.4 Å². The van der Waals surface area contributed by atoms with E-state index in [0.29, 0.717) is 18.2 Å². The molecular formula is C15H17N5OS. The van der Waals surface area contributed by atoms with Crippen LogP contribution in [0.5, 0.6) is 11.6 Å². The summed E-state index contributed by atoms with van der Waals surface area (Å²) in [6.45, 7) is 4.62. The molecule has 3 aromatic rings. The third-order valence-electron chi connectivity index (χ3n) is 3.18. The highest BCUT2D eigenvalue weighted by Crippen LogP contribution is 2.28. The molecule has 0 aliphatic rings. The van der Waals surface area contributed by atoms with Crippen LogP contribution in [-0.4, -0.2) is 19.7 Å². The maximum Gasteiger partial charge on any atom is 0.222 e. The molecule has 0 bridgehead atoms. The fourth-order valence-corrected chi connectivity index (χ4v) is 2.79. The van der Waals surface area contributed by atoms with Gasteiger partial charge in [-0.1, -0.05) is 0 Å². The lowest BCUT2D eigenvalue weighted by Crippen LogP contribution is -2.02. The minimum atomic E-state index is 0.613. The molecule has 0 amide bonds. The second-order valence-corrected chi connectivity index (χ2v) is 6.15. The number of nitrogens with one attached hydrogen (secondary N) is 1. The molecule has 3 heterocycles. The number of aromatic nitrogens is 4. The minimum Gasteiger partial charge on any atom is -0.437 e. The van der Waals surface area contributed by atoms with Crippen LogP contribution in [0.3, 0.4) is 0 Å². The zero-order chi connectivity index (χ0) is 15.5. The third-order valence-corrected chi connectivity index (χ3v) is 4.05. The number of hydrogen-bond acceptors (Lipinski definition) is 6. The molecule has 0 spiro atoms. The predicted molar refractivity (Wildman–Crippen MR) is 86.4 cm³/mol. The zero-order valence-corrected chi connectivity index (χ0v) is 13.5. The number of anilines is 1. The van der Waals surface area contributed by atoms with Crippen molar-refractivity contribution in [2.45, 2.75) is 20.4 Å². The smallest absolute Gasteiger partial charge is 0.222 e. The van der Waals surface area contributed by atoms with Crippen LogP contribution in [-0.2, 0) is 13.6 Å². The van der Waals surface area contributed by atoms with Crippen molar-refractivity contribution in [3.8, 4) is 11.6 Å². The lowest BCUT2D eigenvalue weighted by molar-refractivity contribution is 0.425. The van der Waals surface area contributed by atoms with Crippen LogP contribution in [0, 0.1) is 13.8 Å². The minimum absolute atomic E-state index is 0.613. The summed E-state index contributed by atoms with van der Waals surface area (Å²) in [6.07, 6.45) is 5.26. The van der Waals surface area contributed by atoms with Crippen molar-refractivity contribution in [2.24, 2.45) is 7.05 Å². The molecule has 3 aromatic heterocycles. The fourth-order valence-electron chi connectivity index (χ4n) is 2.13. The van der Waals surface area contributed by atoms with Gasteiger partial charge in [0.1, 0.15) is 5.75 Å². The molecule has 114 valence electrons. The lowest BCUT2D eigenvalue weighted by Gasteiger charge is -2.09. The van der Waals surface area contributed by atoms with Crippen molar-refractivity contribution in [3.05, 3.63) is 46.9 Å². The standard InChI is InChI=1S/C15H17N5OS/c1-10-7-17-15(22-10)18-9-13-11(2)19-20(3)14(13)21-12-5-4-6-16-8-12/h4-8H,9H2,1-3H3,(H,17,18). The Balaban J connectivity index is 1.81. The molecule has 1 N–H and O–H groups in total. The van der Waals surface area contributed by atoms with Crippen LogP contribution in [0.15, 0.2) is 30.7 Å². The van der Waals surface area contributed by atoms with Crippen LogP contribution in [0.4, 0.5) is 5.13 Å². The van der Waals surface area contributed by atoms with Gasteiger partial charge in [0, 0.05) is 30.9 Å². The Kier molecular flexibility index (Phi) is 4.06. The Hall–Kier alpha value is -2.41. The van der Waals surface area contributed by atoms with Gasteiger partial charge in [-0.25, -0.2) is 9.67 Å². The largest absolute Gasteiger partial charge is 0.437 e. The predicted octanol–water partition coefficient (Wildman–Crippen LogP) is 3.29. The van der Waals surface area contributed by atoms with Crippen LogP contribution in [0.1, 0.15) is 16.1 Å². The van der Waals surface area contributed by atoms with Crippen molar-refractivity contribution in [2.75, 3.05) is 5.32 Å². The van der Waals surface area contributed by atoms with Crippen molar-refractivity contribution in [1.82, 2.24) is 19.7 Å². The Bertz CT molecular complexity index is 766. The molecule has 6 nitrogen and oxygen atoms in total. The van der Waals surface area contributed by atoms with Gasteiger partial charge in [-0.3, -0.25) is 4.98 Å². The van der Waals surface area contributed by atoms with E-state index in [1.54, 1.807) is 28.4 Å². The Morgan fingerprint density at radius 2 is 2.18 bits per heavy atom. The first kappa shape index (κ1) is 14.5. The molecule has 0 saturated carbocycles. The molecule has 0 unspecified atom stereocenters. The molecule has 0 atom stereocenters. The van der Waals surface area contributed by atoms with Crippen molar-refractivity contribution in [1.29, 1.82) is 0 Å². The summed E-state index contributed by atoms with van der Waals surface area (Å²) in [4.78, 5) is 9.55. The maximum atomic E-state index is 5.94. The van der Waals surface area contributed by atoms with Gasteiger partial charge in [-0.2, -0.15) is 5.10 Å². The van der Waals surface area contributed by atoms with Crippen molar-refractivity contribution >= 4 is 16.5 Å². The highest BCUT2D eigenvalue weighted by molar-refractivity contribution is 7.15. The second kappa shape index (κ2) is 6.15. The zero-order valence-electron chi connectivity index (χ0n) is 12.7. The summed E-state index contributed by atoms with van der Waals surface area (Å²) in [5, 5.41) is 8.66. The molecule has 0 radical (unpaired) electrons. The first-order valence-corrected chi connectivity index (χ1v) is 7.72. The van der Waals surface area contributed by atoms with Gasteiger partial charge in [0.15, 0.2) is 5.13 Å². The molecule has 0 aliphatic carbocycles. The highest BCUT2D eigenvalue weighted by Gasteiger charge is 2.16. The monoisotopic (exact) mass is 315 g/mol. The van der Waals surface area contributed by atoms with Gasteiger partial charge >= 0.3 is 0 Å². The van der Waals surface area contributed by atoms with E-state index in [1.165, 1.54) is 4.88 Å². The van der Waals surface area contributed by atoms with Gasteiger partial charge in [-0.15, -0.1) is 11.3 Å². The number of ether oxygens (including phenoxy) is 1. The van der Waals surface area contributed by atoms with Crippen LogP contribution in [0.2, 0.25) is 0 Å². The Labute approximate surface area is 132 Å². The van der Waals surface area contributed by atoms with Crippen LogP contribution < -0.4 is 10.1 Å². The number of hydrogen-bond donors (Lipinski definition) is 1. The molecule has 0 saturated heterocycles. The van der Waals surface area contributed by atoms with E-state index in [-0.39, 0.29) is 0 Å². The average molecular weight is 315 g/mol. The Morgan fingerprint density at radius 3 is 2.86 bits per heavy atom. The molecule has 3 rings (SSSR count). The van der Waals surface area contributed by atoms with Gasteiger partial charge in [-0.05, 0) is 26.0 Å². The highest BCUT2D eigenvalue weighted by atomic mass is 32.1. The van der Waals surface area contributed by atoms with Gasteiger partial charge in [0.25, 0.3) is 0 Å². The van der Waals surface area contributed by atoms with E-state index in [1.807, 2.05) is 39.2 Å². The molecule has 0 fully saturated rings. The van der Waals surface area contributed by atoms with E-state index in [9.17, 15) is 0 Å². The van der Waals surface area contributed by atoms with Crippen molar-refractivity contribution in [3.63, 3.8) is 0 Å². The number of nitrogens with zero attached hydrogens (tertiary/aromatic N) is 4. The first-order chi connectivity index (χ1) is 10.6. The van der Waals surface area contributed by atoms with Crippen LogP contribution >= 0.6 is 11.3 Å². The van der Waals surface area contributed by atoms with E-state index in [4.69, 9.17) is 4.74 Å². The summed E-state index contributed by atoms with van der Waals surface area (Å²) in [6, 6.07) is 3.71. The lowest BCUT2D eigenvalue weighted by atomic mass is 10.2. The summed E-state index contributed by atoms with van der Waals surface area (Å²) >= 11 is 1.63. The fraction of sp³-hybridized carbons (Fsp3) is 0.267. The van der Waals surface area contributed by atoms with E-state index >= 15 is 0 Å². The van der Waals surface area contributed by atoms with Gasteiger partial charge < -0.3 is 10.1 Å². The molecule has 22 heavy (non-hydrogen) atoms. The SMILES string of the molecule is Cc1cnc(NCc2c(C)nn(C)c2Oc2cccnc2)s1. The van der Waals surface area contributed by atoms with Gasteiger partial charge in [0.05, 0.1) is 17.5 Å². The number of aryl methyl sites for hydroxylation is 3. The number of rotatable bonds is 5. The third kappa shape index (κ3) is 3.09. The maximum absolute atomic E-state index is 5.94. The molecular weight excluding hydrogens is 298 g/mol.